The second kappa shape index (κ2) is 4.86. The molecule has 2 aromatic carbocycles. The van der Waals surface area contributed by atoms with Crippen LogP contribution in [-0.4, -0.2) is 11.1 Å². The Bertz CT molecular complexity index is 698. The summed E-state index contributed by atoms with van der Waals surface area (Å²) in [5.74, 6) is -2.25. The Morgan fingerprint density at radius 3 is 2.00 bits per heavy atom. The van der Waals surface area contributed by atoms with E-state index in [9.17, 15) is 9.90 Å². The van der Waals surface area contributed by atoms with Gasteiger partial charge in [-0.25, -0.2) is 4.79 Å². The minimum absolute atomic E-state index is 0.463. The van der Waals surface area contributed by atoms with E-state index in [1.54, 1.807) is 32.1 Å². The maximum Gasteiger partial charge on any atom is 0.336 e. The van der Waals surface area contributed by atoms with Crippen LogP contribution in [0.4, 0.5) is 0 Å². The van der Waals surface area contributed by atoms with Gasteiger partial charge in [0.05, 0.1) is 0 Å². The molecule has 0 bridgehead atoms. The molecule has 0 radical (unpaired) electrons. The van der Waals surface area contributed by atoms with Gasteiger partial charge in [-0.2, -0.15) is 0 Å². The smallest absolute Gasteiger partial charge is 0.336 e. The first-order chi connectivity index (χ1) is 10.1. The first kappa shape index (κ1) is 13.6. The van der Waals surface area contributed by atoms with Crippen molar-refractivity contribution in [2.24, 2.45) is 0 Å². The van der Waals surface area contributed by atoms with Gasteiger partial charge in [-0.3, -0.25) is 0 Å². The molecule has 0 heterocycles. The number of ether oxygens (including phenoxy) is 1. The molecular formula is C18H16O3. The van der Waals surface area contributed by atoms with Crippen LogP contribution in [0.2, 0.25) is 0 Å². The number of rotatable bonds is 2. The van der Waals surface area contributed by atoms with Crippen LogP contribution in [0.25, 0.3) is 11.1 Å². The standard InChI is InChI=1S/C18H16O3/c1-3-12(2)17(19)21-18(20)15-10-6-4-8-13(15)14-9-5-7-11-16(14)18/h3-11,20H,1-2H3. The summed E-state index contributed by atoms with van der Waals surface area (Å²) >= 11 is 0. The van der Waals surface area contributed by atoms with E-state index in [-0.39, 0.29) is 0 Å². The Labute approximate surface area is 123 Å². The van der Waals surface area contributed by atoms with Crippen molar-refractivity contribution in [1.29, 1.82) is 0 Å². The lowest BCUT2D eigenvalue weighted by Gasteiger charge is -2.25. The van der Waals surface area contributed by atoms with Gasteiger partial charge >= 0.3 is 5.97 Å². The molecule has 21 heavy (non-hydrogen) atoms. The van der Waals surface area contributed by atoms with Gasteiger partial charge < -0.3 is 9.84 Å². The summed E-state index contributed by atoms with van der Waals surface area (Å²) in [4.78, 5) is 12.1. The molecular weight excluding hydrogens is 264 g/mol. The van der Waals surface area contributed by atoms with Crippen molar-refractivity contribution < 1.29 is 14.6 Å². The molecule has 0 saturated carbocycles. The third kappa shape index (κ3) is 1.98. The van der Waals surface area contributed by atoms with Gasteiger partial charge in [-0.1, -0.05) is 54.6 Å². The first-order valence-corrected chi connectivity index (χ1v) is 6.86. The fourth-order valence-electron chi connectivity index (χ4n) is 2.61. The van der Waals surface area contributed by atoms with Gasteiger partial charge in [0.2, 0.25) is 0 Å². The van der Waals surface area contributed by atoms with Crippen molar-refractivity contribution in [1.82, 2.24) is 0 Å². The fourth-order valence-corrected chi connectivity index (χ4v) is 2.61. The fraction of sp³-hybridized carbons (Fsp3) is 0.167. The summed E-state index contributed by atoms with van der Waals surface area (Å²) in [6, 6.07) is 14.9. The number of esters is 1. The highest BCUT2D eigenvalue weighted by Crippen LogP contribution is 2.48. The molecule has 3 heteroatoms. The molecule has 3 rings (SSSR count). The predicted octanol–water partition coefficient (Wildman–Crippen LogP) is 3.37. The van der Waals surface area contributed by atoms with Crippen LogP contribution in [0.1, 0.15) is 25.0 Å². The largest absolute Gasteiger partial charge is 0.421 e. The minimum atomic E-state index is -1.73. The molecule has 0 atom stereocenters. The van der Waals surface area contributed by atoms with Crippen molar-refractivity contribution in [3.63, 3.8) is 0 Å². The van der Waals surface area contributed by atoms with Gasteiger partial charge in [0.25, 0.3) is 5.79 Å². The van der Waals surface area contributed by atoms with E-state index < -0.39 is 11.8 Å². The molecule has 0 unspecified atom stereocenters. The van der Waals surface area contributed by atoms with E-state index in [4.69, 9.17) is 4.74 Å². The molecule has 0 saturated heterocycles. The number of hydrogen-bond acceptors (Lipinski definition) is 3. The van der Waals surface area contributed by atoms with Crippen molar-refractivity contribution in [3.05, 3.63) is 71.3 Å². The number of benzene rings is 2. The monoisotopic (exact) mass is 280 g/mol. The summed E-state index contributed by atoms with van der Waals surface area (Å²) in [6.45, 7) is 3.43. The molecule has 0 amide bonds. The second-order valence-corrected chi connectivity index (χ2v) is 5.10. The second-order valence-electron chi connectivity index (χ2n) is 5.10. The highest BCUT2D eigenvalue weighted by molar-refractivity contribution is 5.89. The number of carbonyl (C=O) groups is 1. The number of hydrogen-bond donors (Lipinski definition) is 1. The lowest BCUT2D eigenvalue weighted by atomic mass is 10.0. The van der Waals surface area contributed by atoms with Crippen LogP contribution in [-0.2, 0) is 15.3 Å². The first-order valence-electron chi connectivity index (χ1n) is 6.86. The van der Waals surface area contributed by atoms with Gasteiger partial charge in [0.1, 0.15) is 0 Å². The van der Waals surface area contributed by atoms with Crippen LogP contribution < -0.4 is 0 Å². The quantitative estimate of drug-likeness (QED) is 0.521. The highest BCUT2D eigenvalue weighted by atomic mass is 16.7. The zero-order chi connectivity index (χ0) is 15.0. The molecule has 0 spiro atoms. The van der Waals surface area contributed by atoms with Gasteiger partial charge in [-0.05, 0) is 25.0 Å². The Morgan fingerprint density at radius 1 is 1.05 bits per heavy atom. The van der Waals surface area contributed by atoms with Crippen LogP contribution in [0, 0.1) is 0 Å². The van der Waals surface area contributed by atoms with Gasteiger partial charge in [-0.15, -0.1) is 0 Å². The summed E-state index contributed by atoms with van der Waals surface area (Å²) < 4.78 is 5.45. The summed E-state index contributed by atoms with van der Waals surface area (Å²) in [5, 5.41) is 11.0. The Hall–Kier alpha value is -2.39. The average molecular weight is 280 g/mol. The van der Waals surface area contributed by atoms with Crippen LogP contribution in [0.3, 0.4) is 0 Å². The molecule has 3 nitrogen and oxygen atoms in total. The lowest BCUT2D eigenvalue weighted by Crippen LogP contribution is -2.31. The van der Waals surface area contributed by atoms with Crippen molar-refractivity contribution in [2.75, 3.05) is 0 Å². The number of aliphatic hydroxyl groups is 1. The summed E-state index contributed by atoms with van der Waals surface area (Å²) in [5.41, 5.74) is 3.44. The Kier molecular flexibility index (Phi) is 3.15. The van der Waals surface area contributed by atoms with E-state index >= 15 is 0 Å². The van der Waals surface area contributed by atoms with Gasteiger partial charge in [0, 0.05) is 16.7 Å². The summed E-state index contributed by atoms with van der Waals surface area (Å²) in [7, 11) is 0. The molecule has 2 aromatic rings. The van der Waals surface area contributed by atoms with Crippen LogP contribution in [0.5, 0.6) is 0 Å². The SMILES string of the molecule is CC=C(C)C(=O)OC1(O)c2ccccc2-c2ccccc21. The Morgan fingerprint density at radius 2 is 1.52 bits per heavy atom. The summed E-state index contributed by atoms with van der Waals surface area (Å²) in [6.07, 6.45) is 1.67. The van der Waals surface area contributed by atoms with Crippen LogP contribution in [0.15, 0.2) is 60.2 Å². The third-order valence-corrected chi connectivity index (χ3v) is 3.87. The average Bonchev–Trinajstić information content (AvgIpc) is 2.77. The normalized spacial score (nSPS) is 15.3. The predicted molar refractivity (Wildman–Crippen MR) is 80.4 cm³/mol. The van der Waals surface area contributed by atoms with E-state index in [2.05, 4.69) is 0 Å². The Balaban J connectivity index is 2.16. The highest BCUT2D eigenvalue weighted by Gasteiger charge is 2.45. The molecule has 0 fully saturated rings. The number of fused-ring (bicyclic) bond motifs is 3. The van der Waals surface area contributed by atoms with E-state index in [0.29, 0.717) is 16.7 Å². The molecule has 106 valence electrons. The maximum atomic E-state index is 12.1. The van der Waals surface area contributed by atoms with Gasteiger partial charge in [0.15, 0.2) is 0 Å². The number of carbonyl (C=O) groups excluding carboxylic acids is 1. The van der Waals surface area contributed by atoms with Crippen molar-refractivity contribution >= 4 is 5.97 Å². The maximum absolute atomic E-state index is 12.1. The topological polar surface area (TPSA) is 46.5 Å². The zero-order valence-electron chi connectivity index (χ0n) is 12.0. The van der Waals surface area contributed by atoms with E-state index in [1.165, 1.54) is 0 Å². The minimum Gasteiger partial charge on any atom is -0.421 e. The van der Waals surface area contributed by atoms with Crippen molar-refractivity contribution in [3.8, 4) is 11.1 Å². The number of allylic oxidation sites excluding steroid dienone is 1. The lowest BCUT2D eigenvalue weighted by molar-refractivity contribution is -0.191. The molecule has 1 aliphatic carbocycles. The molecule has 0 aromatic heterocycles. The molecule has 1 aliphatic rings. The van der Waals surface area contributed by atoms with Crippen molar-refractivity contribution in [2.45, 2.75) is 19.6 Å². The zero-order valence-corrected chi connectivity index (χ0v) is 12.0. The molecule has 1 N–H and O–H groups in total. The van der Waals surface area contributed by atoms with E-state index in [1.807, 2.05) is 36.4 Å². The van der Waals surface area contributed by atoms with E-state index in [0.717, 1.165) is 11.1 Å². The molecule has 0 aliphatic heterocycles. The van der Waals surface area contributed by atoms with Crippen LogP contribution >= 0.6 is 0 Å². The third-order valence-electron chi connectivity index (χ3n) is 3.87.